The quantitative estimate of drug-likeness (QED) is 0.729. The highest BCUT2D eigenvalue weighted by Crippen LogP contribution is 2.27. The third kappa shape index (κ3) is 2.20. The van der Waals surface area contributed by atoms with E-state index in [2.05, 4.69) is 4.98 Å². The van der Waals surface area contributed by atoms with Crippen LogP contribution in [0.25, 0.3) is 11.1 Å². The first-order valence-corrected chi connectivity index (χ1v) is 6.19. The molecule has 0 spiro atoms. The molecule has 0 saturated heterocycles. The van der Waals surface area contributed by atoms with Crippen LogP contribution < -0.4 is 5.73 Å². The highest BCUT2D eigenvalue weighted by atomic mass is 35.5. The summed E-state index contributed by atoms with van der Waals surface area (Å²) in [7, 11) is 0. The zero-order chi connectivity index (χ0) is 14.3. The van der Waals surface area contributed by atoms with Crippen molar-refractivity contribution in [1.29, 1.82) is 0 Å². The van der Waals surface area contributed by atoms with Crippen molar-refractivity contribution in [3.8, 4) is 0 Å². The molecule has 0 radical (unpaired) electrons. The molecule has 102 valence electrons. The molecule has 0 aliphatic heterocycles. The lowest BCUT2D eigenvalue weighted by Gasteiger charge is -2.01. The summed E-state index contributed by atoms with van der Waals surface area (Å²) in [5.74, 6) is -1.07. The lowest BCUT2D eigenvalue weighted by atomic mass is 10.1. The van der Waals surface area contributed by atoms with E-state index in [0.717, 1.165) is 0 Å². The number of halogens is 3. The van der Waals surface area contributed by atoms with Crippen LogP contribution in [0.3, 0.4) is 0 Å². The molecule has 2 N–H and O–H groups in total. The molecule has 0 aliphatic carbocycles. The van der Waals surface area contributed by atoms with Gasteiger partial charge in [0, 0.05) is 11.6 Å². The highest BCUT2D eigenvalue weighted by Gasteiger charge is 2.14. The van der Waals surface area contributed by atoms with E-state index in [1.165, 1.54) is 24.3 Å². The Kier molecular flexibility index (Phi) is 3.06. The van der Waals surface area contributed by atoms with E-state index in [1.54, 1.807) is 6.07 Å². The normalized spacial score (nSPS) is 11.2. The Balaban J connectivity index is 2.03. The molecular formula is C14H9ClF2N2O. The standard InChI is InChI=1S/C14H9ClF2N2O/c15-8-5-12-13(6-11(8)18)20-14(19-12)4-7-9(16)2-1-3-10(7)17/h1-3,5-6H,4,18H2. The van der Waals surface area contributed by atoms with Crippen LogP contribution in [0.1, 0.15) is 11.5 Å². The van der Waals surface area contributed by atoms with Crippen LogP contribution in [-0.2, 0) is 6.42 Å². The van der Waals surface area contributed by atoms with E-state index < -0.39 is 11.6 Å². The predicted octanol–water partition coefficient (Wildman–Crippen LogP) is 3.93. The van der Waals surface area contributed by atoms with Crippen LogP contribution in [0.4, 0.5) is 14.5 Å². The monoisotopic (exact) mass is 294 g/mol. The Morgan fingerprint density at radius 1 is 1.20 bits per heavy atom. The van der Waals surface area contributed by atoms with Crippen molar-refractivity contribution in [2.75, 3.05) is 5.73 Å². The molecule has 0 saturated carbocycles. The van der Waals surface area contributed by atoms with E-state index in [4.69, 9.17) is 21.8 Å². The number of hydrogen-bond acceptors (Lipinski definition) is 3. The zero-order valence-corrected chi connectivity index (χ0v) is 10.9. The fraction of sp³-hybridized carbons (Fsp3) is 0.0714. The Labute approximate surface area is 118 Å². The van der Waals surface area contributed by atoms with Crippen LogP contribution in [0.2, 0.25) is 5.02 Å². The largest absolute Gasteiger partial charge is 0.440 e. The third-order valence-electron chi connectivity index (χ3n) is 2.94. The lowest BCUT2D eigenvalue weighted by molar-refractivity contribution is 0.515. The van der Waals surface area contributed by atoms with Crippen molar-refractivity contribution in [2.45, 2.75) is 6.42 Å². The van der Waals surface area contributed by atoms with Gasteiger partial charge in [-0.25, -0.2) is 13.8 Å². The van der Waals surface area contributed by atoms with Crippen molar-refractivity contribution in [3.63, 3.8) is 0 Å². The third-order valence-corrected chi connectivity index (χ3v) is 3.27. The topological polar surface area (TPSA) is 52.0 Å². The van der Waals surface area contributed by atoms with Gasteiger partial charge in [0.2, 0.25) is 0 Å². The van der Waals surface area contributed by atoms with Crippen molar-refractivity contribution >= 4 is 28.4 Å². The molecule has 1 heterocycles. The first-order chi connectivity index (χ1) is 9.54. The maximum Gasteiger partial charge on any atom is 0.200 e. The van der Waals surface area contributed by atoms with Gasteiger partial charge < -0.3 is 10.2 Å². The SMILES string of the molecule is Nc1cc2oc(Cc3c(F)cccc3F)nc2cc1Cl. The maximum atomic E-state index is 13.6. The van der Waals surface area contributed by atoms with E-state index in [-0.39, 0.29) is 17.9 Å². The minimum Gasteiger partial charge on any atom is -0.440 e. The van der Waals surface area contributed by atoms with Crippen molar-refractivity contribution < 1.29 is 13.2 Å². The lowest BCUT2D eigenvalue weighted by Crippen LogP contribution is -1.96. The molecule has 6 heteroatoms. The molecule has 0 atom stereocenters. The summed E-state index contributed by atoms with van der Waals surface area (Å²) in [6.45, 7) is 0. The van der Waals surface area contributed by atoms with Crippen LogP contribution in [-0.4, -0.2) is 4.98 Å². The highest BCUT2D eigenvalue weighted by molar-refractivity contribution is 6.33. The van der Waals surface area contributed by atoms with Gasteiger partial charge in [-0.2, -0.15) is 0 Å². The fourth-order valence-corrected chi connectivity index (χ4v) is 2.10. The van der Waals surface area contributed by atoms with Gasteiger partial charge in [-0.15, -0.1) is 0 Å². The number of hydrogen-bond donors (Lipinski definition) is 1. The molecule has 20 heavy (non-hydrogen) atoms. The number of nitrogens with two attached hydrogens (primary N) is 1. The molecule has 0 bridgehead atoms. The second kappa shape index (κ2) is 4.76. The number of benzene rings is 2. The van der Waals surface area contributed by atoms with Gasteiger partial charge in [-0.05, 0) is 18.2 Å². The number of anilines is 1. The summed E-state index contributed by atoms with van der Waals surface area (Å²) in [4.78, 5) is 4.15. The van der Waals surface area contributed by atoms with Crippen molar-refractivity contribution in [1.82, 2.24) is 4.98 Å². The van der Waals surface area contributed by atoms with Gasteiger partial charge in [-0.3, -0.25) is 0 Å². The number of aromatic nitrogens is 1. The van der Waals surface area contributed by atoms with E-state index in [9.17, 15) is 8.78 Å². The molecule has 3 nitrogen and oxygen atoms in total. The second-order valence-electron chi connectivity index (χ2n) is 4.33. The zero-order valence-electron chi connectivity index (χ0n) is 10.2. The minimum atomic E-state index is -0.634. The van der Waals surface area contributed by atoms with E-state index >= 15 is 0 Å². The van der Waals surface area contributed by atoms with Crippen LogP contribution in [0.15, 0.2) is 34.7 Å². The van der Waals surface area contributed by atoms with Crippen LogP contribution >= 0.6 is 11.6 Å². The maximum absolute atomic E-state index is 13.6. The predicted molar refractivity (Wildman–Crippen MR) is 72.6 cm³/mol. The number of fused-ring (bicyclic) bond motifs is 1. The minimum absolute atomic E-state index is 0.0787. The van der Waals surface area contributed by atoms with Crippen LogP contribution in [0, 0.1) is 11.6 Å². The Hall–Kier alpha value is -2.14. The van der Waals surface area contributed by atoms with Gasteiger partial charge in [-0.1, -0.05) is 17.7 Å². The van der Waals surface area contributed by atoms with Crippen molar-refractivity contribution in [3.05, 3.63) is 58.4 Å². The van der Waals surface area contributed by atoms with E-state index in [1.807, 2.05) is 0 Å². The summed E-state index contributed by atoms with van der Waals surface area (Å²) < 4.78 is 32.6. The molecule has 1 aromatic heterocycles. The molecule has 0 fully saturated rings. The Morgan fingerprint density at radius 2 is 1.90 bits per heavy atom. The molecular weight excluding hydrogens is 286 g/mol. The Morgan fingerprint density at radius 3 is 2.60 bits per heavy atom. The smallest absolute Gasteiger partial charge is 0.200 e. The number of nitrogen functional groups attached to an aromatic ring is 1. The van der Waals surface area contributed by atoms with Gasteiger partial charge in [0.15, 0.2) is 11.5 Å². The first-order valence-electron chi connectivity index (χ1n) is 5.82. The Bertz CT molecular complexity index is 742. The molecule has 3 rings (SSSR count). The summed E-state index contributed by atoms with van der Waals surface area (Å²) in [5.41, 5.74) is 6.86. The molecule has 3 aromatic rings. The summed E-state index contributed by atoms with van der Waals surface area (Å²) in [6, 6.07) is 6.77. The van der Waals surface area contributed by atoms with Gasteiger partial charge in [0.1, 0.15) is 17.2 Å². The van der Waals surface area contributed by atoms with Gasteiger partial charge in [0.25, 0.3) is 0 Å². The number of nitrogens with zero attached hydrogens (tertiary/aromatic N) is 1. The van der Waals surface area contributed by atoms with E-state index in [0.29, 0.717) is 21.8 Å². The van der Waals surface area contributed by atoms with Gasteiger partial charge >= 0.3 is 0 Å². The van der Waals surface area contributed by atoms with Gasteiger partial charge in [0.05, 0.1) is 17.1 Å². The first kappa shape index (κ1) is 12.9. The summed E-state index contributed by atoms with van der Waals surface area (Å²) in [6.07, 6.45) is -0.0787. The summed E-state index contributed by atoms with van der Waals surface area (Å²) in [5, 5.41) is 0.356. The number of oxazole rings is 1. The molecule has 2 aromatic carbocycles. The molecule has 0 aliphatic rings. The molecule has 0 unspecified atom stereocenters. The average molecular weight is 295 g/mol. The fourth-order valence-electron chi connectivity index (χ4n) is 1.94. The molecule has 0 amide bonds. The average Bonchev–Trinajstić information content (AvgIpc) is 2.76. The number of rotatable bonds is 2. The van der Waals surface area contributed by atoms with Crippen molar-refractivity contribution in [2.24, 2.45) is 0 Å². The summed E-state index contributed by atoms with van der Waals surface area (Å²) >= 11 is 5.88. The second-order valence-corrected chi connectivity index (χ2v) is 4.73. The van der Waals surface area contributed by atoms with Crippen LogP contribution in [0.5, 0.6) is 0 Å².